The second-order valence-corrected chi connectivity index (χ2v) is 5.81. The molecule has 0 aliphatic rings. The minimum absolute atomic E-state index is 0.387. The molecule has 0 fully saturated rings. The van der Waals surface area contributed by atoms with E-state index < -0.39 is 11.7 Å². The van der Waals surface area contributed by atoms with Crippen molar-refractivity contribution in [3.05, 3.63) is 60.5 Å². The van der Waals surface area contributed by atoms with Gasteiger partial charge >= 0.3 is 6.09 Å². The molecular weight excluding hydrogens is 292 g/mol. The first-order valence-corrected chi connectivity index (χ1v) is 7.19. The predicted octanol–water partition coefficient (Wildman–Crippen LogP) is 3.59. The Morgan fingerprint density at radius 2 is 1.96 bits per heavy atom. The zero-order valence-electron chi connectivity index (χ0n) is 14.1. The fourth-order valence-corrected chi connectivity index (χ4v) is 1.86. The molecular formula is C18H24N2O3. The number of allylic oxidation sites excluding steroid dienone is 3. The van der Waals surface area contributed by atoms with Gasteiger partial charge in [-0.2, -0.15) is 0 Å². The molecule has 0 saturated carbocycles. The Morgan fingerprint density at radius 3 is 2.52 bits per heavy atom. The number of alkyl carbamates (subject to hydrolysis) is 1. The highest BCUT2D eigenvalue weighted by Gasteiger charge is 2.16. The molecule has 23 heavy (non-hydrogen) atoms. The third-order valence-electron chi connectivity index (χ3n) is 2.68. The van der Waals surface area contributed by atoms with Crippen LogP contribution in [0, 0.1) is 0 Å². The van der Waals surface area contributed by atoms with Crippen molar-refractivity contribution >= 4 is 11.7 Å². The van der Waals surface area contributed by atoms with Crippen LogP contribution in [0.2, 0.25) is 0 Å². The number of nitrogens with two attached hydrogens (primary N) is 1. The van der Waals surface area contributed by atoms with Gasteiger partial charge in [0.1, 0.15) is 11.4 Å². The zero-order valence-corrected chi connectivity index (χ0v) is 14.1. The van der Waals surface area contributed by atoms with Crippen LogP contribution in [-0.2, 0) is 4.74 Å². The lowest BCUT2D eigenvalue weighted by Gasteiger charge is -2.19. The van der Waals surface area contributed by atoms with E-state index in [2.05, 4.69) is 11.9 Å². The Kier molecular flexibility index (Phi) is 6.45. The van der Waals surface area contributed by atoms with Crippen LogP contribution in [0.3, 0.4) is 0 Å². The topological polar surface area (TPSA) is 73.6 Å². The smallest absolute Gasteiger partial charge is 0.412 e. The van der Waals surface area contributed by atoms with Crippen LogP contribution in [-0.4, -0.2) is 18.8 Å². The van der Waals surface area contributed by atoms with Gasteiger partial charge < -0.3 is 15.2 Å². The molecule has 0 radical (unpaired) electrons. The molecule has 3 N–H and O–H groups in total. The van der Waals surface area contributed by atoms with Crippen LogP contribution in [0.15, 0.2) is 54.9 Å². The summed E-state index contributed by atoms with van der Waals surface area (Å²) in [5.41, 5.74) is 6.92. The normalized spacial score (nSPS) is 12.1. The summed E-state index contributed by atoms with van der Waals surface area (Å²) in [5, 5.41) is 2.59. The fraction of sp³-hybridized carbons (Fsp3) is 0.278. The van der Waals surface area contributed by atoms with Crippen molar-refractivity contribution in [3.8, 4) is 5.75 Å². The average Bonchev–Trinajstić information content (AvgIpc) is 2.44. The molecule has 5 nitrogen and oxygen atoms in total. The van der Waals surface area contributed by atoms with E-state index in [0.29, 0.717) is 11.4 Å². The second kappa shape index (κ2) is 8.08. The summed E-state index contributed by atoms with van der Waals surface area (Å²) in [6.07, 6.45) is 4.26. The van der Waals surface area contributed by atoms with E-state index >= 15 is 0 Å². The highest BCUT2D eigenvalue weighted by atomic mass is 16.6. The molecule has 0 aliphatic carbocycles. The minimum Gasteiger partial charge on any atom is -0.496 e. The molecule has 0 aromatic heterocycles. The summed E-state index contributed by atoms with van der Waals surface area (Å²) >= 11 is 0. The Hall–Kier alpha value is -2.69. The van der Waals surface area contributed by atoms with Gasteiger partial charge in [0, 0.05) is 11.3 Å². The maximum Gasteiger partial charge on any atom is 0.412 e. The molecule has 1 aromatic rings. The van der Waals surface area contributed by atoms with E-state index in [1.54, 1.807) is 40.0 Å². The van der Waals surface area contributed by atoms with Gasteiger partial charge in [-0.3, -0.25) is 5.32 Å². The Bertz CT molecular complexity index is 625. The monoisotopic (exact) mass is 316 g/mol. The number of rotatable bonds is 5. The molecule has 124 valence electrons. The van der Waals surface area contributed by atoms with Crippen molar-refractivity contribution in [2.24, 2.45) is 5.73 Å². The summed E-state index contributed by atoms with van der Waals surface area (Å²) in [6, 6.07) is 7.50. The zero-order chi connectivity index (χ0) is 17.5. The molecule has 0 heterocycles. The van der Waals surface area contributed by atoms with Crippen molar-refractivity contribution in [2.45, 2.75) is 26.4 Å². The average molecular weight is 316 g/mol. The standard InChI is InChI=1S/C18H24N2O3/c1-13(20-17(21)23-18(2,3)4)12-14(10-11-19)15-8-6-7-9-16(15)22-5/h6-12H,1,19H2,2-5H3,(H,20,21)/b11-10-,14-12+. The van der Waals surface area contributed by atoms with Crippen LogP contribution >= 0.6 is 0 Å². The number of carbonyl (C=O) groups excluding carboxylic acids is 1. The van der Waals surface area contributed by atoms with Gasteiger partial charge in [0.05, 0.1) is 7.11 Å². The fourth-order valence-electron chi connectivity index (χ4n) is 1.86. The van der Waals surface area contributed by atoms with Crippen molar-refractivity contribution in [2.75, 3.05) is 7.11 Å². The highest BCUT2D eigenvalue weighted by molar-refractivity contribution is 5.80. The number of nitrogens with one attached hydrogen (secondary N) is 1. The van der Waals surface area contributed by atoms with Crippen LogP contribution in [0.5, 0.6) is 5.75 Å². The molecule has 0 atom stereocenters. The third kappa shape index (κ3) is 6.30. The maximum absolute atomic E-state index is 11.8. The van der Waals surface area contributed by atoms with Gasteiger partial charge in [-0.1, -0.05) is 24.8 Å². The number of ether oxygens (including phenoxy) is 2. The van der Waals surface area contributed by atoms with Crippen molar-refractivity contribution in [1.29, 1.82) is 0 Å². The van der Waals surface area contributed by atoms with E-state index in [9.17, 15) is 4.79 Å². The molecule has 0 saturated heterocycles. The Labute approximate surface area is 137 Å². The first-order valence-electron chi connectivity index (χ1n) is 7.19. The van der Waals surface area contributed by atoms with Crippen LogP contribution < -0.4 is 15.8 Å². The number of hydrogen-bond acceptors (Lipinski definition) is 4. The molecule has 0 bridgehead atoms. The minimum atomic E-state index is -0.573. The van der Waals surface area contributed by atoms with E-state index in [-0.39, 0.29) is 0 Å². The molecule has 1 amide bonds. The van der Waals surface area contributed by atoms with Crippen LogP contribution in [0.4, 0.5) is 4.79 Å². The lowest BCUT2D eigenvalue weighted by Crippen LogP contribution is -2.31. The van der Waals surface area contributed by atoms with Gasteiger partial charge in [0.25, 0.3) is 0 Å². The van der Waals surface area contributed by atoms with E-state index in [1.165, 1.54) is 6.20 Å². The summed E-state index contributed by atoms with van der Waals surface area (Å²) < 4.78 is 10.5. The lowest BCUT2D eigenvalue weighted by atomic mass is 10.0. The van der Waals surface area contributed by atoms with Crippen LogP contribution in [0.25, 0.3) is 5.57 Å². The summed E-state index contributed by atoms with van der Waals surface area (Å²) in [6.45, 7) is 9.21. The van der Waals surface area contributed by atoms with Crippen molar-refractivity contribution < 1.29 is 14.3 Å². The SMILES string of the molecule is C=C(/C=C(\C=C/N)c1ccccc1OC)NC(=O)OC(C)(C)C. The van der Waals surface area contributed by atoms with Gasteiger partial charge in [-0.25, -0.2) is 4.79 Å². The van der Waals surface area contributed by atoms with E-state index in [1.807, 2.05) is 24.3 Å². The largest absolute Gasteiger partial charge is 0.496 e. The van der Waals surface area contributed by atoms with Gasteiger partial charge in [0.2, 0.25) is 0 Å². The molecule has 5 heteroatoms. The Balaban J connectivity index is 2.99. The first kappa shape index (κ1) is 18.4. The van der Waals surface area contributed by atoms with Crippen LogP contribution in [0.1, 0.15) is 26.3 Å². The molecule has 1 aromatic carbocycles. The van der Waals surface area contributed by atoms with E-state index in [0.717, 1.165) is 11.1 Å². The highest BCUT2D eigenvalue weighted by Crippen LogP contribution is 2.27. The maximum atomic E-state index is 11.8. The summed E-state index contributed by atoms with van der Waals surface area (Å²) in [5.74, 6) is 0.696. The predicted molar refractivity (Wildman–Crippen MR) is 92.8 cm³/mol. The number of amides is 1. The van der Waals surface area contributed by atoms with Gasteiger partial charge in [-0.05, 0) is 50.8 Å². The summed E-state index contributed by atoms with van der Waals surface area (Å²) in [7, 11) is 1.59. The molecule has 0 unspecified atom stereocenters. The number of para-hydroxylation sites is 1. The molecule has 0 spiro atoms. The van der Waals surface area contributed by atoms with E-state index in [4.69, 9.17) is 15.2 Å². The number of methoxy groups -OCH3 is 1. The molecule has 1 rings (SSSR count). The quantitative estimate of drug-likeness (QED) is 0.814. The van der Waals surface area contributed by atoms with Gasteiger partial charge in [-0.15, -0.1) is 0 Å². The number of carbonyl (C=O) groups is 1. The Morgan fingerprint density at radius 1 is 1.30 bits per heavy atom. The lowest BCUT2D eigenvalue weighted by molar-refractivity contribution is 0.0548. The number of benzene rings is 1. The van der Waals surface area contributed by atoms with Crippen molar-refractivity contribution in [1.82, 2.24) is 5.32 Å². The molecule has 0 aliphatic heterocycles. The third-order valence-corrected chi connectivity index (χ3v) is 2.68. The number of hydrogen-bond donors (Lipinski definition) is 2. The van der Waals surface area contributed by atoms with Gasteiger partial charge in [0.15, 0.2) is 0 Å². The summed E-state index contributed by atoms with van der Waals surface area (Å²) in [4.78, 5) is 11.8. The second-order valence-electron chi connectivity index (χ2n) is 5.81. The van der Waals surface area contributed by atoms with Crippen molar-refractivity contribution in [3.63, 3.8) is 0 Å². The first-order chi connectivity index (χ1) is 10.8.